The number of benzene rings is 1. The van der Waals surface area contributed by atoms with Crippen molar-refractivity contribution in [2.45, 2.75) is 13.0 Å². The first kappa shape index (κ1) is 16.4. The lowest BCUT2D eigenvalue weighted by molar-refractivity contribution is 0.0265. The predicted octanol–water partition coefficient (Wildman–Crippen LogP) is 4.36. The van der Waals surface area contributed by atoms with E-state index in [2.05, 4.69) is 15.1 Å². The van der Waals surface area contributed by atoms with Gasteiger partial charge < -0.3 is 9.26 Å². The average Bonchev–Trinajstić information content (AvgIpc) is 3.08. The first-order valence-corrected chi connectivity index (χ1v) is 7.70. The summed E-state index contributed by atoms with van der Waals surface area (Å²) in [6.45, 7) is 1.63. The van der Waals surface area contributed by atoms with Gasteiger partial charge in [-0.3, -0.25) is 4.98 Å². The highest BCUT2D eigenvalue weighted by Crippen LogP contribution is 2.25. The number of pyridine rings is 1. The zero-order chi connectivity index (χ0) is 17.1. The van der Waals surface area contributed by atoms with Crippen molar-refractivity contribution >= 4 is 29.2 Å². The summed E-state index contributed by atoms with van der Waals surface area (Å²) < 4.78 is 10.5. The van der Waals surface area contributed by atoms with Gasteiger partial charge in [-0.2, -0.15) is 4.98 Å². The number of carbonyl (C=O) groups is 1. The van der Waals surface area contributed by atoms with Crippen LogP contribution in [-0.2, 0) is 4.74 Å². The van der Waals surface area contributed by atoms with E-state index in [-0.39, 0.29) is 16.5 Å². The Bertz CT molecular complexity index is 868. The van der Waals surface area contributed by atoms with Gasteiger partial charge in [0.2, 0.25) is 5.82 Å². The molecule has 0 aliphatic carbocycles. The summed E-state index contributed by atoms with van der Waals surface area (Å²) in [5, 5.41) is 4.49. The summed E-state index contributed by atoms with van der Waals surface area (Å²) in [5.41, 5.74) is 0.985. The Hall–Kier alpha value is -2.44. The number of carbonyl (C=O) groups excluding carboxylic acids is 1. The van der Waals surface area contributed by atoms with Crippen LogP contribution < -0.4 is 0 Å². The van der Waals surface area contributed by atoms with Crippen LogP contribution in [-0.4, -0.2) is 21.1 Å². The van der Waals surface area contributed by atoms with E-state index in [1.165, 1.54) is 18.2 Å². The Morgan fingerprint density at radius 2 is 2.08 bits per heavy atom. The first-order chi connectivity index (χ1) is 11.5. The van der Waals surface area contributed by atoms with Crippen LogP contribution in [0.15, 0.2) is 47.2 Å². The average molecular weight is 364 g/mol. The molecule has 0 aliphatic rings. The van der Waals surface area contributed by atoms with Crippen LogP contribution in [0.3, 0.4) is 0 Å². The van der Waals surface area contributed by atoms with Crippen molar-refractivity contribution in [1.82, 2.24) is 15.1 Å². The smallest absolute Gasteiger partial charge is 0.338 e. The molecule has 8 heteroatoms. The van der Waals surface area contributed by atoms with Gasteiger partial charge in [-0.05, 0) is 37.3 Å². The molecule has 122 valence electrons. The fraction of sp³-hybridized carbons (Fsp3) is 0.125. The van der Waals surface area contributed by atoms with Gasteiger partial charge >= 0.3 is 5.97 Å². The summed E-state index contributed by atoms with van der Waals surface area (Å²) in [6.07, 6.45) is 2.54. The standard InChI is InChI=1S/C16H11Cl2N3O3/c1-9(23-16(22)10-4-5-12(17)13(18)7-10)15-20-14(21-24-15)11-3-2-6-19-8-11/h2-9H,1H3. The van der Waals surface area contributed by atoms with Crippen LogP contribution in [0, 0.1) is 0 Å². The van der Waals surface area contributed by atoms with Crippen molar-refractivity contribution in [3.63, 3.8) is 0 Å². The van der Waals surface area contributed by atoms with E-state index in [0.29, 0.717) is 16.4 Å². The van der Waals surface area contributed by atoms with E-state index >= 15 is 0 Å². The second kappa shape index (κ2) is 6.98. The monoisotopic (exact) mass is 363 g/mol. The number of aromatic nitrogens is 3. The minimum Gasteiger partial charge on any atom is -0.449 e. The number of hydrogen-bond donors (Lipinski definition) is 0. The first-order valence-electron chi connectivity index (χ1n) is 6.94. The third-order valence-corrected chi connectivity index (χ3v) is 3.89. The molecule has 3 aromatic rings. The molecule has 1 unspecified atom stereocenters. The van der Waals surface area contributed by atoms with Gasteiger partial charge in [-0.1, -0.05) is 28.4 Å². The molecule has 6 nitrogen and oxygen atoms in total. The molecule has 24 heavy (non-hydrogen) atoms. The molecule has 0 aliphatic heterocycles. The maximum Gasteiger partial charge on any atom is 0.338 e. The number of hydrogen-bond acceptors (Lipinski definition) is 6. The van der Waals surface area contributed by atoms with Crippen LogP contribution in [0.1, 0.15) is 29.3 Å². The molecule has 3 rings (SSSR count). The number of rotatable bonds is 4. The number of ether oxygens (including phenoxy) is 1. The minimum atomic E-state index is -0.718. The van der Waals surface area contributed by atoms with E-state index in [4.69, 9.17) is 32.5 Å². The quantitative estimate of drug-likeness (QED) is 0.640. The molecule has 2 heterocycles. The lowest BCUT2D eigenvalue weighted by Gasteiger charge is -2.09. The van der Waals surface area contributed by atoms with E-state index < -0.39 is 12.1 Å². The number of esters is 1. The van der Waals surface area contributed by atoms with Gasteiger partial charge in [0.15, 0.2) is 6.10 Å². The molecule has 0 spiro atoms. The third-order valence-electron chi connectivity index (χ3n) is 3.15. The van der Waals surface area contributed by atoms with Gasteiger partial charge in [0, 0.05) is 18.0 Å². The lowest BCUT2D eigenvalue weighted by atomic mass is 10.2. The molecule has 0 N–H and O–H groups in total. The fourth-order valence-corrected chi connectivity index (χ4v) is 2.21. The summed E-state index contributed by atoms with van der Waals surface area (Å²) in [4.78, 5) is 20.3. The normalized spacial score (nSPS) is 12.0. The molecule has 0 saturated carbocycles. The maximum atomic E-state index is 12.1. The van der Waals surface area contributed by atoms with Crippen molar-refractivity contribution < 1.29 is 14.1 Å². The van der Waals surface area contributed by atoms with Gasteiger partial charge in [-0.15, -0.1) is 0 Å². The zero-order valence-corrected chi connectivity index (χ0v) is 14.0. The van der Waals surface area contributed by atoms with Crippen LogP contribution in [0.5, 0.6) is 0 Å². The Labute approximate surface area is 147 Å². The second-order valence-electron chi connectivity index (χ2n) is 4.87. The Morgan fingerprint density at radius 3 is 2.79 bits per heavy atom. The van der Waals surface area contributed by atoms with E-state index in [1.54, 1.807) is 31.5 Å². The Morgan fingerprint density at radius 1 is 1.25 bits per heavy atom. The third kappa shape index (κ3) is 3.55. The lowest BCUT2D eigenvalue weighted by Crippen LogP contribution is -2.09. The van der Waals surface area contributed by atoms with E-state index in [1.807, 2.05) is 0 Å². The topological polar surface area (TPSA) is 78.1 Å². The predicted molar refractivity (Wildman–Crippen MR) is 87.8 cm³/mol. The molecule has 0 amide bonds. The molecular weight excluding hydrogens is 353 g/mol. The van der Waals surface area contributed by atoms with Crippen molar-refractivity contribution in [2.75, 3.05) is 0 Å². The van der Waals surface area contributed by atoms with Crippen LogP contribution >= 0.6 is 23.2 Å². The molecule has 1 aromatic carbocycles. The Kier molecular flexibility index (Phi) is 4.78. The van der Waals surface area contributed by atoms with Crippen molar-refractivity contribution in [3.8, 4) is 11.4 Å². The van der Waals surface area contributed by atoms with Crippen molar-refractivity contribution in [2.24, 2.45) is 0 Å². The summed E-state index contributed by atoms with van der Waals surface area (Å²) in [6, 6.07) is 8.05. The fourth-order valence-electron chi connectivity index (χ4n) is 1.91. The van der Waals surface area contributed by atoms with Crippen molar-refractivity contribution in [1.29, 1.82) is 0 Å². The molecule has 0 radical (unpaired) electrons. The van der Waals surface area contributed by atoms with Gasteiger partial charge in [0.25, 0.3) is 5.89 Å². The summed E-state index contributed by atoms with van der Waals surface area (Å²) >= 11 is 11.7. The van der Waals surface area contributed by atoms with Crippen LogP contribution in [0.4, 0.5) is 0 Å². The Balaban J connectivity index is 1.73. The molecule has 2 aromatic heterocycles. The van der Waals surface area contributed by atoms with Gasteiger partial charge in [0.1, 0.15) is 0 Å². The number of nitrogens with zero attached hydrogens (tertiary/aromatic N) is 3. The molecule has 0 fully saturated rings. The van der Waals surface area contributed by atoms with Crippen LogP contribution in [0.25, 0.3) is 11.4 Å². The van der Waals surface area contributed by atoms with Gasteiger partial charge in [0.05, 0.1) is 15.6 Å². The van der Waals surface area contributed by atoms with Gasteiger partial charge in [-0.25, -0.2) is 4.79 Å². The number of halogens is 2. The van der Waals surface area contributed by atoms with Crippen molar-refractivity contribution in [3.05, 3.63) is 64.2 Å². The highest BCUT2D eigenvalue weighted by Gasteiger charge is 2.20. The largest absolute Gasteiger partial charge is 0.449 e. The molecule has 1 atom stereocenters. The SMILES string of the molecule is CC(OC(=O)c1ccc(Cl)c(Cl)c1)c1nc(-c2cccnc2)no1. The second-order valence-corrected chi connectivity index (χ2v) is 5.69. The molecular formula is C16H11Cl2N3O3. The van der Waals surface area contributed by atoms with E-state index in [9.17, 15) is 4.79 Å². The van der Waals surface area contributed by atoms with Crippen LogP contribution in [0.2, 0.25) is 10.0 Å². The highest BCUT2D eigenvalue weighted by atomic mass is 35.5. The summed E-state index contributed by atoms with van der Waals surface area (Å²) in [5.74, 6) is -0.0139. The van der Waals surface area contributed by atoms with E-state index in [0.717, 1.165) is 0 Å². The molecule has 0 saturated heterocycles. The minimum absolute atomic E-state index is 0.183. The highest BCUT2D eigenvalue weighted by molar-refractivity contribution is 6.42. The maximum absolute atomic E-state index is 12.1. The zero-order valence-electron chi connectivity index (χ0n) is 12.4. The molecule has 0 bridgehead atoms. The summed E-state index contributed by atoms with van der Waals surface area (Å²) in [7, 11) is 0.